The summed E-state index contributed by atoms with van der Waals surface area (Å²) in [6.45, 7) is 2.92. The van der Waals surface area contributed by atoms with Crippen molar-refractivity contribution in [3.63, 3.8) is 0 Å². The molecule has 3 aromatic heterocycles. The number of thiazole rings is 1. The molecule has 4 aromatic rings. The van der Waals surface area contributed by atoms with E-state index in [1.807, 2.05) is 47.4 Å². The van der Waals surface area contributed by atoms with Crippen molar-refractivity contribution in [3.05, 3.63) is 66.7 Å². The number of fused-ring (bicyclic) bond motifs is 1. The number of para-hydroxylation sites is 1. The van der Waals surface area contributed by atoms with Gasteiger partial charge in [-0.2, -0.15) is 0 Å². The van der Waals surface area contributed by atoms with E-state index in [0.29, 0.717) is 24.6 Å². The van der Waals surface area contributed by atoms with Crippen LogP contribution in [-0.4, -0.2) is 47.0 Å². The zero-order valence-corrected chi connectivity index (χ0v) is 15.9. The molecule has 0 unspecified atom stereocenters. The Morgan fingerprint density at radius 2 is 1.75 bits per heavy atom. The van der Waals surface area contributed by atoms with Gasteiger partial charge in [0.2, 0.25) is 0 Å². The maximum atomic E-state index is 12.8. The molecule has 4 heterocycles. The first-order chi connectivity index (χ1) is 13.8. The number of piperazine rings is 1. The van der Waals surface area contributed by atoms with Gasteiger partial charge in [-0.15, -0.1) is 11.3 Å². The van der Waals surface area contributed by atoms with E-state index in [0.717, 1.165) is 34.0 Å². The Hall–Kier alpha value is -3.19. The average Bonchev–Trinajstić information content (AvgIpc) is 3.41. The Kier molecular flexibility index (Phi) is 4.29. The van der Waals surface area contributed by atoms with Gasteiger partial charge in [0.15, 0.2) is 16.5 Å². The average molecular weight is 390 g/mol. The second-order valence-electron chi connectivity index (χ2n) is 6.64. The highest BCUT2D eigenvalue weighted by Gasteiger charge is 2.25. The Morgan fingerprint density at radius 1 is 0.964 bits per heavy atom. The third-order valence-electron chi connectivity index (χ3n) is 4.92. The second kappa shape index (κ2) is 7.09. The number of anilines is 1. The molecule has 0 saturated carbocycles. The molecule has 5 rings (SSSR count). The third kappa shape index (κ3) is 3.14. The zero-order chi connectivity index (χ0) is 18.9. The van der Waals surface area contributed by atoms with Gasteiger partial charge in [0.05, 0.1) is 10.2 Å². The van der Waals surface area contributed by atoms with E-state index in [1.54, 1.807) is 29.8 Å². The van der Waals surface area contributed by atoms with Gasteiger partial charge in [-0.1, -0.05) is 12.1 Å². The SMILES string of the molecule is O=C(c1ccc(-c2nc3ccccc3s2)o1)N1CCN(c2ccncc2)CC1. The molecule has 7 heteroatoms. The number of rotatable bonds is 3. The molecule has 0 atom stereocenters. The molecule has 1 aliphatic heterocycles. The first-order valence-electron chi connectivity index (χ1n) is 9.18. The van der Waals surface area contributed by atoms with Crippen molar-refractivity contribution in [2.75, 3.05) is 31.1 Å². The summed E-state index contributed by atoms with van der Waals surface area (Å²) in [4.78, 5) is 25.6. The topological polar surface area (TPSA) is 62.5 Å². The second-order valence-corrected chi connectivity index (χ2v) is 7.67. The lowest BCUT2D eigenvalue weighted by molar-refractivity contribution is 0.0715. The van der Waals surface area contributed by atoms with E-state index >= 15 is 0 Å². The van der Waals surface area contributed by atoms with E-state index in [-0.39, 0.29) is 5.91 Å². The van der Waals surface area contributed by atoms with Crippen LogP contribution in [0.5, 0.6) is 0 Å². The van der Waals surface area contributed by atoms with Crippen LogP contribution >= 0.6 is 11.3 Å². The van der Waals surface area contributed by atoms with Crippen LogP contribution in [0.1, 0.15) is 10.6 Å². The number of hydrogen-bond donors (Lipinski definition) is 0. The fraction of sp³-hybridized carbons (Fsp3) is 0.190. The maximum Gasteiger partial charge on any atom is 0.289 e. The Labute approximate surface area is 166 Å². The monoisotopic (exact) mass is 390 g/mol. The van der Waals surface area contributed by atoms with Gasteiger partial charge >= 0.3 is 0 Å². The van der Waals surface area contributed by atoms with Crippen molar-refractivity contribution in [2.45, 2.75) is 0 Å². The van der Waals surface area contributed by atoms with E-state index in [4.69, 9.17) is 4.42 Å². The molecule has 0 spiro atoms. The Bertz CT molecular complexity index is 1080. The molecular weight excluding hydrogens is 372 g/mol. The summed E-state index contributed by atoms with van der Waals surface area (Å²) in [5, 5.41) is 0.794. The summed E-state index contributed by atoms with van der Waals surface area (Å²) in [5.41, 5.74) is 2.08. The molecule has 0 N–H and O–H groups in total. The van der Waals surface area contributed by atoms with Crippen molar-refractivity contribution in [3.8, 4) is 10.8 Å². The highest BCUT2D eigenvalue weighted by Crippen LogP contribution is 2.31. The third-order valence-corrected chi connectivity index (χ3v) is 5.97. The van der Waals surface area contributed by atoms with Crippen LogP contribution in [0.3, 0.4) is 0 Å². The molecule has 1 aliphatic rings. The van der Waals surface area contributed by atoms with Crippen LogP contribution in [0.15, 0.2) is 65.3 Å². The highest BCUT2D eigenvalue weighted by molar-refractivity contribution is 7.21. The minimum atomic E-state index is -0.0678. The van der Waals surface area contributed by atoms with Gasteiger partial charge in [0.25, 0.3) is 5.91 Å². The van der Waals surface area contributed by atoms with Crippen LogP contribution in [0.25, 0.3) is 21.0 Å². The molecule has 1 fully saturated rings. The van der Waals surface area contributed by atoms with Crippen molar-refractivity contribution >= 4 is 33.1 Å². The van der Waals surface area contributed by atoms with Gasteiger partial charge in [0.1, 0.15) is 0 Å². The molecule has 140 valence electrons. The first-order valence-corrected chi connectivity index (χ1v) is 9.99. The number of hydrogen-bond acceptors (Lipinski definition) is 6. The predicted molar refractivity (Wildman–Crippen MR) is 110 cm³/mol. The Morgan fingerprint density at radius 3 is 2.54 bits per heavy atom. The molecule has 0 aliphatic carbocycles. The molecule has 6 nitrogen and oxygen atoms in total. The molecule has 28 heavy (non-hydrogen) atoms. The fourth-order valence-electron chi connectivity index (χ4n) is 3.42. The van der Waals surface area contributed by atoms with E-state index in [9.17, 15) is 4.79 Å². The lowest BCUT2D eigenvalue weighted by Gasteiger charge is -2.35. The summed E-state index contributed by atoms with van der Waals surface area (Å²) in [5.74, 6) is 0.938. The number of carbonyl (C=O) groups excluding carboxylic acids is 1. The van der Waals surface area contributed by atoms with Gasteiger partial charge in [-0.3, -0.25) is 9.78 Å². The number of pyridine rings is 1. The Balaban J connectivity index is 1.29. The normalized spacial score (nSPS) is 14.6. The predicted octanol–water partition coefficient (Wildman–Crippen LogP) is 3.91. The lowest BCUT2D eigenvalue weighted by Crippen LogP contribution is -2.48. The summed E-state index contributed by atoms with van der Waals surface area (Å²) < 4.78 is 6.97. The van der Waals surface area contributed by atoms with Gasteiger partial charge in [-0.25, -0.2) is 4.98 Å². The van der Waals surface area contributed by atoms with E-state index in [2.05, 4.69) is 14.9 Å². The quantitative estimate of drug-likeness (QED) is 0.531. The number of furan rings is 1. The van der Waals surface area contributed by atoms with Crippen molar-refractivity contribution in [1.82, 2.24) is 14.9 Å². The summed E-state index contributed by atoms with van der Waals surface area (Å²) in [6.07, 6.45) is 3.58. The number of amides is 1. The minimum absolute atomic E-state index is 0.0678. The van der Waals surface area contributed by atoms with Gasteiger partial charge in [-0.05, 0) is 36.4 Å². The van der Waals surface area contributed by atoms with Gasteiger partial charge < -0.3 is 14.2 Å². The van der Waals surface area contributed by atoms with Crippen LogP contribution in [-0.2, 0) is 0 Å². The van der Waals surface area contributed by atoms with Crippen molar-refractivity contribution < 1.29 is 9.21 Å². The minimum Gasteiger partial charge on any atom is -0.448 e. The lowest BCUT2D eigenvalue weighted by atomic mass is 10.2. The highest BCUT2D eigenvalue weighted by atomic mass is 32.1. The molecule has 1 saturated heterocycles. The van der Waals surface area contributed by atoms with Gasteiger partial charge in [0, 0.05) is 44.3 Å². The van der Waals surface area contributed by atoms with Crippen LogP contribution in [0.2, 0.25) is 0 Å². The smallest absolute Gasteiger partial charge is 0.289 e. The number of benzene rings is 1. The first kappa shape index (κ1) is 16.9. The van der Waals surface area contributed by atoms with E-state index in [1.165, 1.54) is 0 Å². The number of aromatic nitrogens is 2. The standard InChI is InChI=1S/C21H18N4O2S/c26-21(25-13-11-24(12-14-25)15-7-9-22-10-8-15)18-6-5-17(27-18)20-23-16-3-1-2-4-19(16)28-20/h1-10H,11-14H2. The summed E-state index contributed by atoms with van der Waals surface area (Å²) in [7, 11) is 0. The fourth-order valence-corrected chi connectivity index (χ4v) is 4.35. The molecule has 0 bridgehead atoms. The molecular formula is C21H18N4O2S. The molecule has 1 amide bonds. The zero-order valence-electron chi connectivity index (χ0n) is 15.1. The van der Waals surface area contributed by atoms with Crippen LogP contribution in [0, 0.1) is 0 Å². The number of nitrogens with zero attached hydrogens (tertiary/aromatic N) is 4. The van der Waals surface area contributed by atoms with Crippen LogP contribution < -0.4 is 4.90 Å². The largest absolute Gasteiger partial charge is 0.448 e. The van der Waals surface area contributed by atoms with Crippen LogP contribution in [0.4, 0.5) is 5.69 Å². The summed E-state index contributed by atoms with van der Waals surface area (Å²) in [6, 6.07) is 15.5. The van der Waals surface area contributed by atoms with Crippen molar-refractivity contribution in [1.29, 1.82) is 0 Å². The summed E-state index contributed by atoms with van der Waals surface area (Å²) >= 11 is 1.57. The van der Waals surface area contributed by atoms with E-state index < -0.39 is 0 Å². The number of carbonyl (C=O) groups is 1. The van der Waals surface area contributed by atoms with Crippen molar-refractivity contribution in [2.24, 2.45) is 0 Å². The maximum absolute atomic E-state index is 12.8. The molecule has 0 radical (unpaired) electrons. The molecule has 1 aromatic carbocycles.